The lowest BCUT2D eigenvalue weighted by Crippen LogP contribution is -2.22. The van der Waals surface area contributed by atoms with E-state index in [1.165, 1.54) is 6.42 Å². The molecule has 0 amide bonds. The first kappa shape index (κ1) is 12.9. The molecular formula is C12H20N4O2. The van der Waals surface area contributed by atoms with Gasteiger partial charge in [-0.2, -0.15) is 9.97 Å². The topological polar surface area (TPSA) is 68.3 Å². The van der Waals surface area contributed by atoms with E-state index in [1.54, 1.807) is 20.3 Å². The predicted octanol–water partition coefficient (Wildman–Crippen LogP) is 1.05. The molecule has 0 saturated carbocycles. The van der Waals surface area contributed by atoms with E-state index < -0.39 is 0 Å². The van der Waals surface area contributed by atoms with Crippen LogP contribution in [0.2, 0.25) is 0 Å². The van der Waals surface area contributed by atoms with Crippen molar-refractivity contribution in [1.29, 1.82) is 0 Å². The average Bonchev–Trinajstić information content (AvgIpc) is 2.67. The Morgan fingerprint density at radius 2 is 1.89 bits per heavy atom. The maximum atomic E-state index is 5.13. The molecule has 0 radical (unpaired) electrons. The number of nitrogens with one attached hydrogen (secondary N) is 2. The number of hydrogen-bond donors (Lipinski definition) is 2. The molecular weight excluding hydrogens is 232 g/mol. The Morgan fingerprint density at radius 1 is 1.17 bits per heavy atom. The zero-order chi connectivity index (χ0) is 12.8. The minimum absolute atomic E-state index is 0.400. The fraction of sp³-hybridized carbons (Fsp3) is 0.667. The van der Waals surface area contributed by atoms with Crippen LogP contribution in [0, 0.1) is 0 Å². The van der Waals surface area contributed by atoms with Crippen molar-refractivity contribution in [3.63, 3.8) is 0 Å². The minimum atomic E-state index is 0.400. The molecule has 18 heavy (non-hydrogen) atoms. The molecule has 1 aliphatic heterocycles. The molecule has 0 bridgehead atoms. The van der Waals surface area contributed by atoms with Gasteiger partial charge in [-0.15, -0.1) is 0 Å². The third-order valence-corrected chi connectivity index (χ3v) is 3.01. The van der Waals surface area contributed by atoms with Crippen LogP contribution in [0.15, 0.2) is 6.07 Å². The van der Waals surface area contributed by atoms with E-state index in [9.17, 15) is 0 Å². The van der Waals surface area contributed by atoms with Crippen molar-refractivity contribution in [1.82, 2.24) is 15.3 Å². The minimum Gasteiger partial charge on any atom is -0.481 e. The van der Waals surface area contributed by atoms with Crippen LogP contribution in [-0.4, -0.2) is 43.3 Å². The van der Waals surface area contributed by atoms with Crippen molar-refractivity contribution in [2.24, 2.45) is 0 Å². The fourth-order valence-electron chi connectivity index (χ4n) is 2.02. The van der Waals surface area contributed by atoms with E-state index in [0.717, 1.165) is 25.9 Å². The maximum Gasteiger partial charge on any atom is 0.229 e. The van der Waals surface area contributed by atoms with Gasteiger partial charge in [0.25, 0.3) is 0 Å². The molecule has 2 heterocycles. The zero-order valence-electron chi connectivity index (χ0n) is 10.9. The number of ether oxygens (including phenoxy) is 2. The second-order valence-electron chi connectivity index (χ2n) is 4.30. The molecule has 1 fully saturated rings. The summed E-state index contributed by atoms with van der Waals surface area (Å²) in [6.45, 7) is 2.11. The van der Waals surface area contributed by atoms with Crippen molar-refractivity contribution >= 4 is 5.95 Å². The van der Waals surface area contributed by atoms with Gasteiger partial charge in [0.2, 0.25) is 17.7 Å². The molecule has 0 aliphatic carbocycles. The van der Waals surface area contributed by atoms with Gasteiger partial charge in [0, 0.05) is 6.04 Å². The molecule has 0 spiro atoms. The van der Waals surface area contributed by atoms with E-state index in [4.69, 9.17) is 9.47 Å². The Balaban J connectivity index is 2.06. The highest BCUT2D eigenvalue weighted by molar-refractivity contribution is 5.34. The van der Waals surface area contributed by atoms with Gasteiger partial charge in [0.05, 0.1) is 20.3 Å². The van der Waals surface area contributed by atoms with Gasteiger partial charge in [-0.1, -0.05) is 0 Å². The molecule has 2 rings (SSSR count). The molecule has 1 aliphatic rings. The van der Waals surface area contributed by atoms with Gasteiger partial charge >= 0.3 is 0 Å². The number of rotatable bonds is 4. The summed E-state index contributed by atoms with van der Waals surface area (Å²) in [5, 5.41) is 6.73. The van der Waals surface area contributed by atoms with Crippen LogP contribution in [0.3, 0.4) is 0 Å². The Kier molecular flexibility index (Phi) is 4.58. The summed E-state index contributed by atoms with van der Waals surface area (Å²) in [6, 6.07) is 2.07. The number of aromatic nitrogens is 2. The normalized spacial score (nSPS) is 20.0. The summed E-state index contributed by atoms with van der Waals surface area (Å²) in [5.74, 6) is 1.59. The lowest BCUT2D eigenvalue weighted by molar-refractivity contribution is 0.372. The van der Waals surface area contributed by atoms with E-state index in [-0.39, 0.29) is 0 Å². The van der Waals surface area contributed by atoms with Gasteiger partial charge in [0.15, 0.2) is 0 Å². The van der Waals surface area contributed by atoms with Crippen LogP contribution in [0.5, 0.6) is 11.8 Å². The second kappa shape index (κ2) is 6.39. The van der Waals surface area contributed by atoms with Crippen molar-refractivity contribution in [2.75, 3.05) is 32.6 Å². The van der Waals surface area contributed by atoms with E-state index in [0.29, 0.717) is 23.8 Å². The lowest BCUT2D eigenvalue weighted by Gasteiger charge is -2.16. The number of hydrogen-bond acceptors (Lipinski definition) is 6. The Bertz CT molecular complexity index is 356. The van der Waals surface area contributed by atoms with Crippen molar-refractivity contribution in [2.45, 2.75) is 25.3 Å². The quantitative estimate of drug-likeness (QED) is 0.834. The molecule has 1 aromatic rings. The van der Waals surface area contributed by atoms with Crippen LogP contribution in [0.1, 0.15) is 19.3 Å². The van der Waals surface area contributed by atoms with Gasteiger partial charge in [-0.3, -0.25) is 0 Å². The van der Waals surface area contributed by atoms with Crippen LogP contribution in [0.4, 0.5) is 5.95 Å². The highest BCUT2D eigenvalue weighted by Crippen LogP contribution is 2.19. The molecule has 6 nitrogen and oxygen atoms in total. The largest absolute Gasteiger partial charge is 0.481 e. The molecule has 1 atom stereocenters. The maximum absolute atomic E-state index is 5.13. The van der Waals surface area contributed by atoms with Crippen LogP contribution in [0.25, 0.3) is 0 Å². The summed E-state index contributed by atoms with van der Waals surface area (Å²) in [4.78, 5) is 8.56. The molecule has 6 heteroatoms. The SMILES string of the molecule is COc1cc(OC)nc(NC2CCCNCC2)n1. The number of nitrogens with zero attached hydrogens (tertiary/aromatic N) is 2. The molecule has 1 unspecified atom stereocenters. The summed E-state index contributed by atoms with van der Waals surface area (Å²) in [7, 11) is 3.17. The molecule has 1 aromatic heterocycles. The van der Waals surface area contributed by atoms with Gasteiger partial charge in [0.1, 0.15) is 0 Å². The fourth-order valence-corrected chi connectivity index (χ4v) is 2.02. The first-order valence-corrected chi connectivity index (χ1v) is 6.26. The van der Waals surface area contributed by atoms with Gasteiger partial charge in [-0.05, 0) is 32.4 Å². The van der Waals surface area contributed by atoms with E-state index >= 15 is 0 Å². The molecule has 100 valence electrons. The highest BCUT2D eigenvalue weighted by atomic mass is 16.5. The summed E-state index contributed by atoms with van der Waals surface area (Å²) >= 11 is 0. The van der Waals surface area contributed by atoms with Crippen molar-refractivity contribution < 1.29 is 9.47 Å². The third kappa shape index (κ3) is 3.46. The van der Waals surface area contributed by atoms with Crippen LogP contribution >= 0.6 is 0 Å². The van der Waals surface area contributed by atoms with Crippen molar-refractivity contribution in [3.05, 3.63) is 6.07 Å². The predicted molar refractivity (Wildman–Crippen MR) is 69.3 cm³/mol. The smallest absolute Gasteiger partial charge is 0.229 e. The van der Waals surface area contributed by atoms with Crippen LogP contribution < -0.4 is 20.1 Å². The molecule has 1 saturated heterocycles. The second-order valence-corrected chi connectivity index (χ2v) is 4.30. The molecule has 2 N–H and O–H groups in total. The summed E-state index contributed by atoms with van der Waals surface area (Å²) < 4.78 is 10.3. The van der Waals surface area contributed by atoms with E-state index in [2.05, 4.69) is 20.6 Å². The standard InChI is InChI=1S/C12H20N4O2/c1-17-10-8-11(18-2)16-12(15-10)14-9-4-3-6-13-7-5-9/h8-9,13H,3-7H2,1-2H3,(H,14,15,16). The Labute approximate surface area is 107 Å². The van der Waals surface area contributed by atoms with Crippen LogP contribution in [-0.2, 0) is 0 Å². The monoisotopic (exact) mass is 252 g/mol. The zero-order valence-corrected chi connectivity index (χ0v) is 10.9. The summed E-state index contributed by atoms with van der Waals surface area (Å²) in [5.41, 5.74) is 0. The number of methoxy groups -OCH3 is 2. The average molecular weight is 252 g/mol. The first-order chi connectivity index (χ1) is 8.81. The van der Waals surface area contributed by atoms with E-state index in [1.807, 2.05) is 0 Å². The Hall–Kier alpha value is -1.56. The Morgan fingerprint density at radius 3 is 2.56 bits per heavy atom. The number of anilines is 1. The first-order valence-electron chi connectivity index (χ1n) is 6.26. The van der Waals surface area contributed by atoms with Gasteiger partial charge in [-0.25, -0.2) is 0 Å². The van der Waals surface area contributed by atoms with Gasteiger partial charge < -0.3 is 20.1 Å². The third-order valence-electron chi connectivity index (χ3n) is 3.01. The highest BCUT2D eigenvalue weighted by Gasteiger charge is 2.14. The lowest BCUT2D eigenvalue weighted by atomic mass is 10.1. The molecule has 0 aromatic carbocycles. The van der Waals surface area contributed by atoms with Crippen molar-refractivity contribution in [3.8, 4) is 11.8 Å². The summed E-state index contributed by atoms with van der Waals surface area (Å²) in [6.07, 6.45) is 3.36.